The average Bonchev–Trinajstić information content (AvgIpc) is 3.02. The molecule has 0 bridgehead atoms. The molecule has 0 radical (unpaired) electrons. The van der Waals surface area contributed by atoms with Crippen LogP contribution in [-0.2, 0) is 25.5 Å². The molecule has 1 fully saturated rings. The first-order chi connectivity index (χ1) is 22.1. The van der Waals surface area contributed by atoms with Crippen molar-refractivity contribution >= 4 is 18.0 Å². The number of carbonyl (C=O) groups is 2. The van der Waals surface area contributed by atoms with Gasteiger partial charge in [0.2, 0.25) is 0 Å². The molecule has 3 aromatic rings. The number of allylic oxidation sites excluding steroid dienone is 1. The summed E-state index contributed by atoms with van der Waals surface area (Å²) in [6.07, 6.45) is 4.47. The van der Waals surface area contributed by atoms with Gasteiger partial charge in [-0.15, -0.1) is 0 Å². The highest BCUT2D eigenvalue weighted by Gasteiger charge is 2.54. The zero-order valence-electron chi connectivity index (χ0n) is 26.6. The lowest BCUT2D eigenvalue weighted by molar-refractivity contribution is -0.161. The van der Waals surface area contributed by atoms with Gasteiger partial charge in [0.25, 0.3) is 0 Å². The Kier molecular flexibility index (Phi) is 9.91. The van der Waals surface area contributed by atoms with E-state index in [1.165, 1.54) is 28.1 Å². The summed E-state index contributed by atoms with van der Waals surface area (Å²) in [7, 11) is 2.97. The number of phenols is 2. The Hall–Kier alpha value is -4.50. The van der Waals surface area contributed by atoms with Crippen molar-refractivity contribution < 1.29 is 43.9 Å². The van der Waals surface area contributed by atoms with Crippen molar-refractivity contribution in [3.63, 3.8) is 0 Å². The standard InChI is InChI=1S/C37H42O9/c1-22(39)45-28-14-27(25-10-11-32(41)35(16-25)43-3)20-37(13-12-24-8-6-5-7-9-24)30(34(18-28)46-23(2)40)15-26-17-36(44-4)33(42)19-29(26)31(37)21-38/h5-13,16-17,19,27-28,30-31,34,38,41-42H,14-15,18,20-21H2,1-4H3. The van der Waals surface area contributed by atoms with Gasteiger partial charge in [-0.05, 0) is 71.7 Å². The molecule has 0 amide bonds. The van der Waals surface area contributed by atoms with Gasteiger partial charge in [0, 0.05) is 37.5 Å². The van der Waals surface area contributed by atoms with Crippen molar-refractivity contribution in [3.8, 4) is 23.0 Å². The fourth-order valence-corrected chi connectivity index (χ4v) is 7.65. The molecule has 2 aliphatic carbocycles. The smallest absolute Gasteiger partial charge is 0.302 e. The van der Waals surface area contributed by atoms with Crippen LogP contribution in [0.3, 0.4) is 0 Å². The van der Waals surface area contributed by atoms with Gasteiger partial charge >= 0.3 is 11.9 Å². The number of aliphatic hydroxyl groups is 1. The van der Waals surface area contributed by atoms with Crippen LogP contribution in [0.2, 0.25) is 0 Å². The maximum absolute atomic E-state index is 12.6. The summed E-state index contributed by atoms with van der Waals surface area (Å²) >= 11 is 0. The molecular weight excluding hydrogens is 588 g/mol. The quantitative estimate of drug-likeness (QED) is 0.261. The first-order valence-electron chi connectivity index (χ1n) is 15.5. The van der Waals surface area contributed by atoms with Gasteiger partial charge in [-0.25, -0.2) is 0 Å². The molecule has 2 aliphatic rings. The lowest BCUT2D eigenvalue weighted by Gasteiger charge is -2.53. The number of aliphatic hydroxyl groups excluding tert-OH is 1. The van der Waals surface area contributed by atoms with Crippen LogP contribution in [0.5, 0.6) is 23.0 Å². The third kappa shape index (κ3) is 6.70. The van der Waals surface area contributed by atoms with Crippen molar-refractivity contribution in [3.05, 3.63) is 89.0 Å². The SMILES string of the molecule is COc1cc(C2CC(OC(C)=O)CC(OC(C)=O)C3Cc4cc(OC)c(O)cc4C(CO)C3(C=Cc3ccccc3)C2)ccc1O. The predicted octanol–water partition coefficient (Wildman–Crippen LogP) is 5.89. The molecule has 5 rings (SSSR count). The third-order valence-corrected chi connectivity index (χ3v) is 9.58. The van der Waals surface area contributed by atoms with E-state index >= 15 is 0 Å². The van der Waals surface area contributed by atoms with E-state index in [0.29, 0.717) is 30.8 Å². The van der Waals surface area contributed by atoms with Crippen LogP contribution in [0.4, 0.5) is 0 Å². The molecule has 0 spiro atoms. The highest BCUT2D eigenvalue weighted by atomic mass is 16.6. The molecular formula is C37H42O9. The van der Waals surface area contributed by atoms with Gasteiger partial charge < -0.3 is 34.3 Å². The second-order valence-electron chi connectivity index (χ2n) is 12.3. The minimum absolute atomic E-state index is 0.00404. The van der Waals surface area contributed by atoms with Crippen LogP contribution in [0.1, 0.15) is 67.2 Å². The van der Waals surface area contributed by atoms with Crippen molar-refractivity contribution in [1.82, 2.24) is 0 Å². The number of aromatic hydroxyl groups is 2. The van der Waals surface area contributed by atoms with Gasteiger partial charge in [-0.1, -0.05) is 48.6 Å². The van der Waals surface area contributed by atoms with Crippen LogP contribution >= 0.6 is 0 Å². The lowest BCUT2D eigenvalue weighted by atomic mass is 9.52. The zero-order chi connectivity index (χ0) is 33.0. The number of hydrogen-bond acceptors (Lipinski definition) is 9. The molecule has 9 heteroatoms. The number of hydrogen-bond donors (Lipinski definition) is 3. The Labute approximate surface area is 269 Å². The molecule has 6 atom stereocenters. The molecule has 0 saturated heterocycles. The summed E-state index contributed by atoms with van der Waals surface area (Å²) in [5, 5.41) is 32.6. The summed E-state index contributed by atoms with van der Waals surface area (Å²) in [6.45, 7) is 2.48. The Morgan fingerprint density at radius 1 is 0.891 bits per heavy atom. The normalized spacial score (nSPS) is 25.8. The number of carbonyl (C=O) groups excluding carboxylic acids is 2. The predicted molar refractivity (Wildman–Crippen MR) is 172 cm³/mol. The number of benzene rings is 3. The molecule has 3 N–H and O–H groups in total. The first-order valence-corrected chi connectivity index (χ1v) is 15.5. The average molecular weight is 631 g/mol. The molecule has 46 heavy (non-hydrogen) atoms. The highest BCUT2D eigenvalue weighted by molar-refractivity contribution is 5.67. The summed E-state index contributed by atoms with van der Waals surface area (Å²) in [5.41, 5.74) is 2.67. The Balaban J connectivity index is 1.78. The highest BCUT2D eigenvalue weighted by Crippen LogP contribution is 2.59. The van der Waals surface area contributed by atoms with E-state index in [4.69, 9.17) is 18.9 Å². The van der Waals surface area contributed by atoms with E-state index in [0.717, 1.165) is 22.3 Å². The van der Waals surface area contributed by atoms with Gasteiger partial charge in [-0.2, -0.15) is 0 Å². The van der Waals surface area contributed by atoms with E-state index < -0.39 is 35.5 Å². The Morgan fingerprint density at radius 3 is 2.24 bits per heavy atom. The Bertz CT molecular complexity index is 1580. The van der Waals surface area contributed by atoms with Crippen LogP contribution in [0.25, 0.3) is 6.08 Å². The molecule has 0 aliphatic heterocycles. The fourth-order valence-electron chi connectivity index (χ4n) is 7.65. The topological polar surface area (TPSA) is 132 Å². The molecule has 6 unspecified atom stereocenters. The first kappa shape index (κ1) is 32.9. The van der Waals surface area contributed by atoms with Crippen molar-refractivity contribution in [1.29, 1.82) is 0 Å². The molecule has 1 saturated carbocycles. The molecule has 9 nitrogen and oxygen atoms in total. The lowest BCUT2D eigenvalue weighted by Crippen LogP contribution is -2.51. The molecule has 0 heterocycles. The van der Waals surface area contributed by atoms with Crippen LogP contribution in [-0.4, -0.2) is 60.3 Å². The number of methoxy groups -OCH3 is 2. The van der Waals surface area contributed by atoms with E-state index in [2.05, 4.69) is 6.08 Å². The van der Waals surface area contributed by atoms with E-state index in [9.17, 15) is 24.9 Å². The second-order valence-corrected chi connectivity index (χ2v) is 12.3. The van der Waals surface area contributed by atoms with Crippen LogP contribution in [0, 0.1) is 11.3 Å². The van der Waals surface area contributed by atoms with E-state index in [1.807, 2.05) is 42.5 Å². The summed E-state index contributed by atoms with van der Waals surface area (Å²) in [5.74, 6) is -1.40. The number of esters is 2. The minimum atomic E-state index is -0.810. The second kappa shape index (κ2) is 13.9. The monoisotopic (exact) mass is 630 g/mol. The maximum atomic E-state index is 12.6. The third-order valence-electron chi connectivity index (χ3n) is 9.58. The van der Waals surface area contributed by atoms with Gasteiger partial charge in [-0.3, -0.25) is 9.59 Å². The van der Waals surface area contributed by atoms with Crippen LogP contribution < -0.4 is 9.47 Å². The van der Waals surface area contributed by atoms with E-state index in [-0.39, 0.29) is 36.4 Å². The van der Waals surface area contributed by atoms with Gasteiger partial charge in [0.15, 0.2) is 23.0 Å². The number of fused-ring (bicyclic) bond motifs is 2. The fraction of sp³-hybridized carbons (Fsp3) is 0.405. The number of ether oxygens (including phenoxy) is 4. The van der Waals surface area contributed by atoms with Crippen molar-refractivity contribution in [2.24, 2.45) is 11.3 Å². The number of phenolic OH excluding ortho intramolecular Hbond substituents is 2. The largest absolute Gasteiger partial charge is 0.504 e. The van der Waals surface area contributed by atoms with Gasteiger partial charge in [0.1, 0.15) is 12.2 Å². The number of rotatable bonds is 8. The molecule has 0 aromatic heterocycles. The Morgan fingerprint density at radius 2 is 1.59 bits per heavy atom. The zero-order valence-corrected chi connectivity index (χ0v) is 26.6. The summed E-state index contributed by atoms with van der Waals surface area (Å²) < 4.78 is 22.9. The maximum Gasteiger partial charge on any atom is 0.302 e. The van der Waals surface area contributed by atoms with Crippen LogP contribution in [0.15, 0.2) is 66.7 Å². The molecule has 3 aromatic carbocycles. The minimum Gasteiger partial charge on any atom is -0.504 e. The van der Waals surface area contributed by atoms with Crippen molar-refractivity contribution in [2.75, 3.05) is 20.8 Å². The summed E-state index contributed by atoms with van der Waals surface area (Å²) in [6, 6.07) is 18.5. The van der Waals surface area contributed by atoms with E-state index in [1.54, 1.807) is 24.3 Å². The molecule has 244 valence electrons. The van der Waals surface area contributed by atoms with Crippen molar-refractivity contribution in [2.45, 2.75) is 63.6 Å². The summed E-state index contributed by atoms with van der Waals surface area (Å²) in [4.78, 5) is 25.0. The van der Waals surface area contributed by atoms with Gasteiger partial charge in [0.05, 0.1) is 20.8 Å².